The van der Waals surface area contributed by atoms with Gasteiger partial charge in [0.2, 0.25) is 5.91 Å². The summed E-state index contributed by atoms with van der Waals surface area (Å²) in [6.45, 7) is 2.93. The molecule has 1 aliphatic rings. The molecule has 1 amide bonds. The molecule has 5 rings (SSSR count). The van der Waals surface area contributed by atoms with E-state index in [1.54, 1.807) is 4.90 Å². The lowest BCUT2D eigenvalue weighted by molar-refractivity contribution is -0.157. The molecule has 0 fully saturated rings. The van der Waals surface area contributed by atoms with Crippen molar-refractivity contribution in [1.29, 1.82) is 0 Å². The number of nitrogens with zero attached hydrogens (tertiary/aromatic N) is 1. The van der Waals surface area contributed by atoms with Gasteiger partial charge in [-0.3, -0.25) is 4.79 Å². The molecule has 1 aliphatic heterocycles. The summed E-state index contributed by atoms with van der Waals surface area (Å²) in [6, 6.07) is 34.2. The van der Waals surface area contributed by atoms with Crippen LogP contribution in [0.5, 0.6) is 5.75 Å². The zero-order valence-corrected chi connectivity index (χ0v) is 21.5. The number of amides is 1. The maximum atomic E-state index is 13.7. The Labute approximate surface area is 223 Å². The quantitative estimate of drug-likeness (QED) is 0.266. The van der Waals surface area contributed by atoms with Gasteiger partial charge in [0.25, 0.3) is 0 Å². The lowest BCUT2D eigenvalue weighted by Gasteiger charge is -2.37. The third-order valence-corrected chi connectivity index (χ3v) is 6.99. The van der Waals surface area contributed by atoms with Crippen LogP contribution in [-0.2, 0) is 34.0 Å². The topological polar surface area (TPSA) is 55.8 Å². The van der Waals surface area contributed by atoms with Crippen molar-refractivity contribution < 1.29 is 19.1 Å². The highest BCUT2D eigenvalue weighted by Gasteiger charge is 2.39. The summed E-state index contributed by atoms with van der Waals surface area (Å²) in [4.78, 5) is 29.0. The molecule has 0 radical (unpaired) electrons. The summed E-state index contributed by atoms with van der Waals surface area (Å²) < 4.78 is 11.8. The number of carbonyl (C=O) groups is 2. The zero-order valence-electron chi connectivity index (χ0n) is 21.5. The van der Waals surface area contributed by atoms with Crippen molar-refractivity contribution in [3.05, 3.63) is 137 Å². The molecule has 192 valence electrons. The molecule has 0 saturated carbocycles. The molecule has 0 aliphatic carbocycles. The summed E-state index contributed by atoms with van der Waals surface area (Å²) in [5, 5.41) is 0. The van der Waals surface area contributed by atoms with Crippen molar-refractivity contribution in [3.8, 4) is 5.75 Å². The third kappa shape index (κ3) is 5.78. The van der Waals surface area contributed by atoms with Crippen LogP contribution in [0, 0.1) is 0 Å². The van der Waals surface area contributed by atoms with Gasteiger partial charge >= 0.3 is 5.97 Å². The number of carbonyl (C=O) groups excluding carboxylic acids is 2. The van der Waals surface area contributed by atoms with Crippen molar-refractivity contribution in [2.24, 2.45) is 0 Å². The second-order valence-corrected chi connectivity index (χ2v) is 9.54. The van der Waals surface area contributed by atoms with E-state index in [9.17, 15) is 9.59 Å². The number of ether oxygens (including phenoxy) is 2. The van der Waals surface area contributed by atoms with E-state index in [2.05, 4.69) is 0 Å². The van der Waals surface area contributed by atoms with Crippen molar-refractivity contribution >= 4 is 11.9 Å². The van der Waals surface area contributed by atoms with Crippen molar-refractivity contribution in [1.82, 2.24) is 4.90 Å². The standard InChI is InChI=1S/C33H31NO4/c1-24(27-15-9-4-10-16-27)32(35)34-20-19-28-21-29(37-22-25-11-5-2-6-12-25)17-18-30(28)31(34)33(36)38-23-26-13-7-3-8-14-26/h2-18,21,24,31H,19-20,22-23H2,1H3. The van der Waals surface area contributed by atoms with E-state index in [0.29, 0.717) is 19.6 Å². The Morgan fingerprint density at radius 1 is 0.816 bits per heavy atom. The molecule has 2 unspecified atom stereocenters. The van der Waals surface area contributed by atoms with E-state index >= 15 is 0 Å². The van der Waals surface area contributed by atoms with Gasteiger partial charge in [-0.05, 0) is 53.3 Å². The van der Waals surface area contributed by atoms with Gasteiger partial charge in [-0.25, -0.2) is 4.79 Å². The summed E-state index contributed by atoms with van der Waals surface area (Å²) >= 11 is 0. The number of rotatable bonds is 8. The highest BCUT2D eigenvalue weighted by atomic mass is 16.5. The summed E-state index contributed by atoms with van der Waals surface area (Å²) in [7, 11) is 0. The lowest BCUT2D eigenvalue weighted by atomic mass is 9.90. The van der Waals surface area contributed by atoms with Gasteiger partial charge in [-0.2, -0.15) is 0 Å². The van der Waals surface area contributed by atoms with E-state index in [0.717, 1.165) is 33.6 Å². The number of fused-ring (bicyclic) bond motifs is 1. The molecule has 1 heterocycles. The smallest absolute Gasteiger partial charge is 0.333 e. The first-order chi connectivity index (χ1) is 18.6. The van der Waals surface area contributed by atoms with Crippen LogP contribution in [0.2, 0.25) is 0 Å². The minimum absolute atomic E-state index is 0.0899. The molecule has 38 heavy (non-hydrogen) atoms. The Morgan fingerprint density at radius 3 is 2.08 bits per heavy atom. The number of hydrogen-bond donors (Lipinski definition) is 0. The van der Waals surface area contributed by atoms with Gasteiger partial charge in [-0.1, -0.05) is 97.1 Å². The van der Waals surface area contributed by atoms with Crippen LogP contribution in [0.15, 0.2) is 109 Å². The molecule has 5 nitrogen and oxygen atoms in total. The van der Waals surface area contributed by atoms with E-state index in [1.807, 2.05) is 116 Å². The predicted molar refractivity (Wildman–Crippen MR) is 146 cm³/mol. The minimum atomic E-state index is -0.815. The first-order valence-electron chi connectivity index (χ1n) is 13.0. The van der Waals surface area contributed by atoms with Crippen LogP contribution in [0.3, 0.4) is 0 Å². The first kappa shape index (κ1) is 25.3. The summed E-state index contributed by atoms with van der Waals surface area (Å²) in [5.74, 6) is -0.161. The van der Waals surface area contributed by atoms with Gasteiger partial charge in [-0.15, -0.1) is 0 Å². The SMILES string of the molecule is CC(C(=O)N1CCc2cc(OCc3ccccc3)ccc2C1C(=O)OCc1ccccc1)c1ccccc1. The maximum Gasteiger partial charge on any atom is 0.333 e. The highest BCUT2D eigenvalue weighted by molar-refractivity contribution is 5.90. The fraction of sp³-hybridized carbons (Fsp3) is 0.212. The Kier molecular flexibility index (Phi) is 7.84. The fourth-order valence-corrected chi connectivity index (χ4v) is 4.87. The molecule has 4 aromatic rings. The molecular formula is C33H31NO4. The van der Waals surface area contributed by atoms with E-state index in [1.165, 1.54) is 0 Å². The predicted octanol–water partition coefficient (Wildman–Crippen LogP) is 6.24. The van der Waals surface area contributed by atoms with Gasteiger partial charge in [0, 0.05) is 6.54 Å². The zero-order chi connectivity index (χ0) is 26.3. The van der Waals surface area contributed by atoms with Crippen molar-refractivity contribution in [3.63, 3.8) is 0 Å². The normalized spacial score (nSPS) is 15.3. The summed E-state index contributed by atoms with van der Waals surface area (Å²) in [6.07, 6.45) is 0.633. The van der Waals surface area contributed by atoms with Gasteiger partial charge in [0.1, 0.15) is 19.0 Å². The molecule has 2 atom stereocenters. The minimum Gasteiger partial charge on any atom is -0.489 e. The van der Waals surface area contributed by atoms with E-state index in [4.69, 9.17) is 9.47 Å². The van der Waals surface area contributed by atoms with Gasteiger partial charge < -0.3 is 14.4 Å². The Balaban J connectivity index is 1.40. The average Bonchev–Trinajstić information content (AvgIpc) is 2.99. The molecular weight excluding hydrogens is 474 g/mol. The Hall–Kier alpha value is -4.38. The summed E-state index contributed by atoms with van der Waals surface area (Å²) in [5.41, 5.74) is 4.68. The van der Waals surface area contributed by atoms with Crippen LogP contribution >= 0.6 is 0 Å². The van der Waals surface area contributed by atoms with Crippen LogP contribution in [0.4, 0.5) is 0 Å². The first-order valence-corrected chi connectivity index (χ1v) is 13.0. The second kappa shape index (κ2) is 11.8. The molecule has 0 N–H and O–H groups in total. The molecule has 0 spiro atoms. The average molecular weight is 506 g/mol. The van der Waals surface area contributed by atoms with Crippen LogP contribution in [-0.4, -0.2) is 23.3 Å². The number of benzene rings is 4. The fourth-order valence-electron chi connectivity index (χ4n) is 4.87. The van der Waals surface area contributed by atoms with Crippen molar-refractivity contribution in [2.75, 3.05) is 6.54 Å². The number of hydrogen-bond acceptors (Lipinski definition) is 4. The third-order valence-electron chi connectivity index (χ3n) is 6.99. The molecule has 0 saturated heterocycles. The monoisotopic (exact) mass is 505 g/mol. The van der Waals surface area contributed by atoms with Crippen LogP contribution in [0.25, 0.3) is 0 Å². The number of esters is 1. The van der Waals surface area contributed by atoms with E-state index < -0.39 is 12.0 Å². The molecule has 4 aromatic carbocycles. The molecule has 0 bridgehead atoms. The van der Waals surface area contributed by atoms with Crippen LogP contribution < -0.4 is 4.74 Å². The molecule has 0 aromatic heterocycles. The van der Waals surface area contributed by atoms with Crippen LogP contribution in [0.1, 0.15) is 46.7 Å². The molecule has 5 heteroatoms. The van der Waals surface area contributed by atoms with Gasteiger partial charge in [0.05, 0.1) is 5.92 Å². The second-order valence-electron chi connectivity index (χ2n) is 9.54. The lowest BCUT2D eigenvalue weighted by Crippen LogP contribution is -2.45. The van der Waals surface area contributed by atoms with E-state index in [-0.39, 0.29) is 18.4 Å². The largest absolute Gasteiger partial charge is 0.489 e. The Bertz CT molecular complexity index is 1370. The van der Waals surface area contributed by atoms with Gasteiger partial charge in [0.15, 0.2) is 6.04 Å². The highest BCUT2D eigenvalue weighted by Crippen LogP contribution is 2.35. The Morgan fingerprint density at radius 2 is 1.42 bits per heavy atom. The maximum absolute atomic E-state index is 13.7. The van der Waals surface area contributed by atoms with Crippen molar-refractivity contribution in [2.45, 2.75) is 38.5 Å².